The van der Waals surface area contributed by atoms with Gasteiger partial charge in [-0.3, -0.25) is 9.59 Å². The minimum absolute atomic E-state index is 0.0444. The van der Waals surface area contributed by atoms with Gasteiger partial charge in [0.2, 0.25) is 0 Å². The molecule has 0 aliphatic heterocycles. The molecule has 1 aromatic carbocycles. The van der Waals surface area contributed by atoms with Crippen molar-refractivity contribution in [2.75, 3.05) is 0 Å². The number of Topliss-reactive ketones (excluding diaryl/α,β-unsaturated/α-hetero) is 1. The first kappa shape index (κ1) is 15.4. The molecule has 0 saturated carbocycles. The predicted octanol–water partition coefficient (Wildman–Crippen LogP) is 3.39. The molecule has 0 aromatic heterocycles. The number of rotatable bonds is 5. The van der Waals surface area contributed by atoms with Gasteiger partial charge in [-0.25, -0.2) is 0 Å². The largest absolute Gasteiger partial charge is 0.426 e. The zero-order chi connectivity index (χ0) is 14.6. The van der Waals surface area contributed by atoms with Gasteiger partial charge in [-0.2, -0.15) is 0 Å². The maximum absolute atomic E-state index is 11.7. The Kier molecular flexibility index (Phi) is 5.28. The van der Waals surface area contributed by atoms with Crippen LogP contribution in [0.1, 0.15) is 43.9 Å². The van der Waals surface area contributed by atoms with Gasteiger partial charge in [0.15, 0.2) is 0 Å². The summed E-state index contributed by atoms with van der Waals surface area (Å²) >= 11 is 0. The number of ketones is 1. The Bertz CT molecular complexity index is 487. The van der Waals surface area contributed by atoms with E-state index in [0.717, 1.165) is 16.7 Å². The average molecular weight is 262 g/mol. The van der Waals surface area contributed by atoms with Crippen LogP contribution in [0.4, 0.5) is 0 Å². The van der Waals surface area contributed by atoms with Crippen LogP contribution in [-0.4, -0.2) is 11.8 Å². The minimum Gasteiger partial charge on any atom is -0.426 e. The quantitative estimate of drug-likeness (QED) is 0.603. The third-order valence-electron chi connectivity index (χ3n) is 3.10. The van der Waals surface area contributed by atoms with Gasteiger partial charge in [-0.1, -0.05) is 19.9 Å². The molecule has 0 unspecified atom stereocenters. The highest BCUT2D eigenvalue weighted by Crippen LogP contribution is 2.26. The first-order chi connectivity index (χ1) is 8.81. The maximum atomic E-state index is 11.7. The number of aryl methyl sites for hydroxylation is 2. The Labute approximate surface area is 115 Å². The van der Waals surface area contributed by atoms with E-state index >= 15 is 0 Å². The van der Waals surface area contributed by atoms with Crippen molar-refractivity contribution >= 4 is 11.8 Å². The van der Waals surface area contributed by atoms with Crippen molar-refractivity contribution in [3.63, 3.8) is 0 Å². The Morgan fingerprint density at radius 3 is 2.37 bits per heavy atom. The standard InChI is InChI=1S/C16H22O3/c1-10(2)15(18)7-6-14-12(4)8-11(3)9-16(14)19-13(5)17/h8-10H,6-7H2,1-5H3. The van der Waals surface area contributed by atoms with Gasteiger partial charge in [-0.15, -0.1) is 0 Å². The summed E-state index contributed by atoms with van der Waals surface area (Å²) in [5.74, 6) is 0.527. The van der Waals surface area contributed by atoms with Crippen LogP contribution in [0.5, 0.6) is 5.75 Å². The van der Waals surface area contributed by atoms with E-state index in [2.05, 4.69) is 0 Å². The zero-order valence-electron chi connectivity index (χ0n) is 12.4. The SMILES string of the molecule is CC(=O)Oc1cc(C)cc(C)c1CCC(=O)C(C)C. The summed E-state index contributed by atoms with van der Waals surface area (Å²) < 4.78 is 5.25. The lowest BCUT2D eigenvalue weighted by Gasteiger charge is -2.13. The van der Waals surface area contributed by atoms with E-state index in [1.807, 2.05) is 39.8 Å². The fraction of sp³-hybridized carbons (Fsp3) is 0.500. The molecule has 104 valence electrons. The van der Waals surface area contributed by atoms with Crippen molar-refractivity contribution in [1.29, 1.82) is 0 Å². The molecule has 3 heteroatoms. The molecule has 0 aliphatic carbocycles. The molecule has 0 aliphatic rings. The smallest absolute Gasteiger partial charge is 0.308 e. The third kappa shape index (κ3) is 4.51. The second kappa shape index (κ2) is 6.50. The highest BCUT2D eigenvalue weighted by atomic mass is 16.5. The molecule has 0 saturated heterocycles. The molecule has 0 radical (unpaired) electrons. The van der Waals surface area contributed by atoms with Crippen LogP contribution < -0.4 is 4.74 Å². The van der Waals surface area contributed by atoms with Crippen molar-refractivity contribution in [3.8, 4) is 5.75 Å². The first-order valence-electron chi connectivity index (χ1n) is 6.62. The molecule has 1 rings (SSSR count). The summed E-state index contributed by atoms with van der Waals surface area (Å²) in [6.45, 7) is 9.13. The average Bonchev–Trinajstić information content (AvgIpc) is 2.26. The maximum Gasteiger partial charge on any atom is 0.308 e. The van der Waals surface area contributed by atoms with Crippen LogP contribution in [0, 0.1) is 19.8 Å². The van der Waals surface area contributed by atoms with Crippen molar-refractivity contribution in [2.45, 2.75) is 47.5 Å². The Morgan fingerprint density at radius 1 is 1.21 bits per heavy atom. The Balaban J connectivity index is 2.97. The molecule has 0 fully saturated rings. The molecule has 0 spiro atoms. The number of ether oxygens (including phenoxy) is 1. The van der Waals surface area contributed by atoms with Crippen LogP contribution in [0.3, 0.4) is 0 Å². The van der Waals surface area contributed by atoms with Gasteiger partial charge in [0.1, 0.15) is 11.5 Å². The number of hydrogen-bond acceptors (Lipinski definition) is 3. The van der Waals surface area contributed by atoms with Crippen LogP contribution in [0.2, 0.25) is 0 Å². The Morgan fingerprint density at radius 2 is 1.84 bits per heavy atom. The molecule has 0 heterocycles. The van der Waals surface area contributed by atoms with E-state index in [4.69, 9.17) is 4.74 Å². The number of hydrogen-bond donors (Lipinski definition) is 0. The van der Waals surface area contributed by atoms with Gasteiger partial charge in [0, 0.05) is 19.3 Å². The second-order valence-corrected chi connectivity index (χ2v) is 5.27. The number of carbonyl (C=O) groups excluding carboxylic acids is 2. The summed E-state index contributed by atoms with van der Waals surface area (Å²) in [6, 6.07) is 3.89. The highest BCUT2D eigenvalue weighted by Gasteiger charge is 2.13. The normalized spacial score (nSPS) is 10.6. The number of carbonyl (C=O) groups is 2. The molecule has 0 bridgehead atoms. The van der Waals surface area contributed by atoms with Crippen molar-refractivity contribution < 1.29 is 14.3 Å². The highest BCUT2D eigenvalue weighted by molar-refractivity contribution is 5.80. The molecule has 0 amide bonds. The van der Waals surface area contributed by atoms with Crippen LogP contribution in [-0.2, 0) is 16.0 Å². The first-order valence-corrected chi connectivity index (χ1v) is 6.62. The molecule has 1 aromatic rings. The monoisotopic (exact) mass is 262 g/mol. The number of benzene rings is 1. The van der Waals surface area contributed by atoms with Crippen molar-refractivity contribution in [2.24, 2.45) is 5.92 Å². The molecule has 0 N–H and O–H groups in total. The number of esters is 1. The van der Waals surface area contributed by atoms with Crippen LogP contribution in [0.15, 0.2) is 12.1 Å². The summed E-state index contributed by atoms with van der Waals surface area (Å²) in [5.41, 5.74) is 3.07. The molecular formula is C16H22O3. The summed E-state index contributed by atoms with van der Waals surface area (Å²) in [6.07, 6.45) is 1.10. The third-order valence-corrected chi connectivity index (χ3v) is 3.10. The van der Waals surface area contributed by atoms with Crippen LogP contribution >= 0.6 is 0 Å². The minimum atomic E-state index is -0.332. The predicted molar refractivity (Wildman–Crippen MR) is 75.4 cm³/mol. The van der Waals surface area contributed by atoms with E-state index in [1.54, 1.807) is 0 Å². The molecule has 19 heavy (non-hydrogen) atoms. The summed E-state index contributed by atoms with van der Waals surface area (Å²) in [4.78, 5) is 22.9. The van der Waals surface area contributed by atoms with Gasteiger partial charge in [0.25, 0.3) is 0 Å². The van der Waals surface area contributed by atoms with E-state index in [0.29, 0.717) is 18.6 Å². The van der Waals surface area contributed by atoms with Crippen LogP contribution in [0.25, 0.3) is 0 Å². The zero-order valence-corrected chi connectivity index (χ0v) is 12.4. The lowest BCUT2D eigenvalue weighted by Crippen LogP contribution is -2.10. The summed E-state index contributed by atoms with van der Waals surface area (Å²) in [7, 11) is 0. The Hall–Kier alpha value is -1.64. The fourth-order valence-corrected chi connectivity index (χ4v) is 2.06. The summed E-state index contributed by atoms with van der Waals surface area (Å²) in [5, 5.41) is 0. The lowest BCUT2D eigenvalue weighted by molar-refractivity contribution is -0.131. The van der Waals surface area contributed by atoms with Gasteiger partial charge < -0.3 is 4.74 Å². The fourth-order valence-electron chi connectivity index (χ4n) is 2.06. The second-order valence-electron chi connectivity index (χ2n) is 5.27. The molecular weight excluding hydrogens is 240 g/mol. The molecule has 3 nitrogen and oxygen atoms in total. The van der Waals surface area contributed by atoms with Gasteiger partial charge in [-0.05, 0) is 43.0 Å². The molecule has 0 atom stereocenters. The van der Waals surface area contributed by atoms with Gasteiger partial charge in [0.05, 0.1) is 0 Å². The van der Waals surface area contributed by atoms with E-state index in [9.17, 15) is 9.59 Å². The van der Waals surface area contributed by atoms with E-state index in [1.165, 1.54) is 6.92 Å². The van der Waals surface area contributed by atoms with Crippen molar-refractivity contribution in [1.82, 2.24) is 0 Å². The van der Waals surface area contributed by atoms with Crippen molar-refractivity contribution in [3.05, 3.63) is 28.8 Å². The van der Waals surface area contributed by atoms with E-state index < -0.39 is 0 Å². The van der Waals surface area contributed by atoms with Gasteiger partial charge >= 0.3 is 5.97 Å². The lowest BCUT2D eigenvalue weighted by atomic mass is 9.96. The van der Waals surface area contributed by atoms with E-state index in [-0.39, 0.29) is 17.7 Å². The topological polar surface area (TPSA) is 43.4 Å².